The number of hydrogen-bond donors (Lipinski definition) is 0. The molecule has 5 heteroatoms. The second kappa shape index (κ2) is 4.59. The minimum atomic E-state index is -0.345. The smallest absolute Gasteiger partial charge is 0.172 e. The normalized spacial score (nSPS) is 30.4. The molecule has 0 aromatic rings. The van der Waals surface area contributed by atoms with Crippen LogP contribution in [0, 0.1) is 5.92 Å². The summed E-state index contributed by atoms with van der Waals surface area (Å²) in [6.07, 6.45) is 3.80. The van der Waals surface area contributed by atoms with Crippen molar-refractivity contribution in [1.29, 1.82) is 0 Å². The average Bonchev–Trinajstić information content (AvgIpc) is 2.59. The topological polar surface area (TPSA) is 27.7 Å². The molecular weight excluding hydrogens is 315 g/mol. The van der Waals surface area contributed by atoms with Crippen molar-refractivity contribution in [2.24, 2.45) is 5.92 Å². The predicted octanol–water partition coefficient (Wildman–Crippen LogP) is 3.06. The predicted molar refractivity (Wildman–Crippen MR) is 63.8 cm³/mol. The van der Waals surface area contributed by atoms with Crippen LogP contribution < -0.4 is 0 Å². The summed E-state index contributed by atoms with van der Waals surface area (Å²) >= 11 is 2.13. The van der Waals surface area contributed by atoms with Crippen LogP contribution in [0.5, 0.6) is 0 Å². The fraction of sp³-hybridized carbons (Fsp3) is 0.778. The Morgan fingerprint density at radius 1 is 1.57 bits per heavy atom. The van der Waals surface area contributed by atoms with Gasteiger partial charge in [0.1, 0.15) is 15.0 Å². The Kier molecular flexibility index (Phi) is 3.62. The quantitative estimate of drug-likeness (QED) is 0.575. The lowest BCUT2D eigenvalue weighted by molar-refractivity contribution is -0.169. The minimum absolute atomic E-state index is 0.345. The van der Waals surface area contributed by atoms with Gasteiger partial charge in [-0.1, -0.05) is 6.92 Å². The number of allylic oxidation sites excluding steroid dienone is 1. The minimum Gasteiger partial charge on any atom is -0.419 e. The molecule has 1 aliphatic carbocycles. The zero-order valence-electron chi connectivity index (χ0n) is 7.99. The largest absolute Gasteiger partial charge is 0.419 e. The van der Waals surface area contributed by atoms with Crippen LogP contribution in [0.1, 0.15) is 19.8 Å². The molecule has 1 atom stereocenters. The Morgan fingerprint density at radius 2 is 2.29 bits per heavy atom. The Hall–Kier alpha value is 0.540. The molecule has 0 amide bonds. The van der Waals surface area contributed by atoms with Gasteiger partial charge in [-0.3, -0.25) is 0 Å². The summed E-state index contributed by atoms with van der Waals surface area (Å²) in [6.45, 7) is 3.58. The van der Waals surface area contributed by atoms with Crippen molar-refractivity contribution < 1.29 is 13.7 Å². The molecular formula is C9H13IO3S. The number of rotatable bonds is 2. The SMILES string of the molecule is CC1CC2(CC=C1OSI)OCCO2. The standard InChI is InChI=1S/C9H13IO3S/c1-7-6-9(11-4-5-12-9)3-2-8(7)13-14-10/h2,7H,3-6H2,1H3. The van der Waals surface area contributed by atoms with E-state index in [9.17, 15) is 0 Å². The van der Waals surface area contributed by atoms with Gasteiger partial charge in [0.2, 0.25) is 0 Å². The Morgan fingerprint density at radius 3 is 2.86 bits per heavy atom. The van der Waals surface area contributed by atoms with Crippen molar-refractivity contribution in [3.05, 3.63) is 11.8 Å². The maximum Gasteiger partial charge on any atom is 0.172 e. The molecule has 0 aromatic carbocycles. The molecule has 1 saturated heterocycles. The second-order valence-electron chi connectivity index (χ2n) is 3.67. The molecule has 14 heavy (non-hydrogen) atoms. The lowest BCUT2D eigenvalue weighted by Crippen LogP contribution is -2.35. The first kappa shape index (κ1) is 11.0. The lowest BCUT2D eigenvalue weighted by Gasteiger charge is -2.33. The summed E-state index contributed by atoms with van der Waals surface area (Å²) in [7, 11) is 1.36. The summed E-state index contributed by atoms with van der Waals surface area (Å²) in [5, 5.41) is 0. The zero-order valence-corrected chi connectivity index (χ0v) is 11.0. The third-order valence-corrected chi connectivity index (χ3v) is 3.45. The van der Waals surface area contributed by atoms with Crippen molar-refractivity contribution in [3.63, 3.8) is 0 Å². The van der Waals surface area contributed by atoms with Gasteiger partial charge in [-0.25, -0.2) is 0 Å². The van der Waals surface area contributed by atoms with E-state index in [1.54, 1.807) is 0 Å². The van der Waals surface area contributed by atoms with E-state index in [0.717, 1.165) is 31.8 Å². The highest BCUT2D eigenvalue weighted by molar-refractivity contribution is 14.2. The van der Waals surface area contributed by atoms with Gasteiger partial charge in [0.25, 0.3) is 0 Å². The van der Waals surface area contributed by atoms with Gasteiger partial charge in [-0.15, -0.1) is 0 Å². The third kappa shape index (κ3) is 2.20. The lowest BCUT2D eigenvalue weighted by atomic mass is 9.90. The van der Waals surface area contributed by atoms with Gasteiger partial charge in [0.15, 0.2) is 5.79 Å². The van der Waals surface area contributed by atoms with E-state index in [2.05, 4.69) is 34.2 Å². The molecule has 0 aromatic heterocycles. The van der Waals surface area contributed by atoms with Crippen molar-refractivity contribution >= 4 is 30.4 Å². The first-order chi connectivity index (χ1) is 6.76. The van der Waals surface area contributed by atoms with Gasteiger partial charge >= 0.3 is 0 Å². The van der Waals surface area contributed by atoms with E-state index in [-0.39, 0.29) is 5.79 Å². The summed E-state index contributed by atoms with van der Waals surface area (Å²) in [6, 6.07) is 0. The maximum absolute atomic E-state index is 5.65. The van der Waals surface area contributed by atoms with Crippen LogP contribution in [0.25, 0.3) is 0 Å². The van der Waals surface area contributed by atoms with Crippen LogP contribution in [-0.4, -0.2) is 19.0 Å². The molecule has 0 saturated carbocycles. The summed E-state index contributed by atoms with van der Waals surface area (Å²) in [4.78, 5) is 0. The fourth-order valence-corrected chi connectivity index (χ4v) is 2.92. The van der Waals surface area contributed by atoms with Crippen LogP contribution in [0.3, 0.4) is 0 Å². The van der Waals surface area contributed by atoms with E-state index in [1.807, 2.05) is 0 Å². The number of halogens is 1. The second-order valence-corrected chi connectivity index (χ2v) is 5.04. The van der Waals surface area contributed by atoms with E-state index in [1.165, 1.54) is 9.21 Å². The molecule has 1 unspecified atom stereocenters. The monoisotopic (exact) mass is 328 g/mol. The van der Waals surface area contributed by atoms with Gasteiger partial charge in [-0.2, -0.15) is 0 Å². The van der Waals surface area contributed by atoms with Gasteiger partial charge in [-0.05, 0) is 6.08 Å². The fourth-order valence-electron chi connectivity index (χ4n) is 1.99. The highest BCUT2D eigenvalue weighted by Gasteiger charge is 2.41. The highest BCUT2D eigenvalue weighted by Crippen LogP contribution is 2.40. The van der Waals surface area contributed by atoms with Gasteiger partial charge in [0, 0.05) is 40.0 Å². The van der Waals surface area contributed by atoms with Crippen LogP contribution >= 0.6 is 30.4 Å². The average molecular weight is 328 g/mol. The highest BCUT2D eigenvalue weighted by atomic mass is 127. The first-order valence-electron chi connectivity index (χ1n) is 4.69. The molecule has 3 nitrogen and oxygen atoms in total. The van der Waals surface area contributed by atoms with Crippen LogP contribution in [0.2, 0.25) is 0 Å². The molecule has 2 aliphatic rings. The number of ether oxygens (including phenoxy) is 2. The Balaban J connectivity index is 2.04. The molecule has 80 valence electrons. The molecule has 1 fully saturated rings. The van der Waals surface area contributed by atoms with Crippen LogP contribution in [0.4, 0.5) is 0 Å². The van der Waals surface area contributed by atoms with Gasteiger partial charge in [0.05, 0.1) is 13.2 Å². The van der Waals surface area contributed by atoms with E-state index < -0.39 is 0 Å². The van der Waals surface area contributed by atoms with Crippen molar-refractivity contribution in [2.45, 2.75) is 25.6 Å². The summed E-state index contributed by atoms with van der Waals surface area (Å²) in [5.41, 5.74) is 0. The van der Waals surface area contributed by atoms with E-state index in [4.69, 9.17) is 13.7 Å². The summed E-state index contributed by atoms with van der Waals surface area (Å²) in [5.74, 6) is 1.08. The van der Waals surface area contributed by atoms with Crippen molar-refractivity contribution in [3.8, 4) is 0 Å². The summed E-state index contributed by atoms with van der Waals surface area (Å²) < 4.78 is 16.7. The number of hydrogen-bond acceptors (Lipinski definition) is 4. The third-order valence-electron chi connectivity index (χ3n) is 2.66. The molecule has 2 rings (SSSR count). The Labute approximate surface area is 100 Å². The van der Waals surface area contributed by atoms with Gasteiger partial charge < -0.3 is 13.7 Å². The molecule has 0 N–H and O–H groups in total. The van der Waals surface area contributed by atoms with Crippen molar-refractivity contribution in [1.82, 2.24) is 0 Å². The van der Waals surface area contributed by atoms with E-state index in [0.29, 0.717) is 5.92 Å². The van der Waals surface area contributed by atoms with Crippen molar-refractivity contribution in [2.75, 3.05) is 13.2 Å². The first-order valence-corrected chi connectivity index (χ1v) is 7.97. The Bertz CT molecular complexity index is 238. The van der Waals surface area contributed by atoms with Crippen LogP contribution in [0.15, 0.2) is 11.8 Å². The molecule has 0 radical (unpaired) electrons. The van der Waals surface area contributed by atoms with E-state index >= 15 is 0 Å². The molecule has 1 heterocycles. The zero-order chi connectivity index (χ0) is 10.0. The molecule has 0 bridgehead atoms. The van der Waals surface area contributed by atoms with Crippen LogP contribution in [-0.2, 0) is 13.7 Å². The molecule has 1 spiro atoms. The molecule has 1 aliphatic heterocycles. The maximum atomic E-state index is 5.65.